The maximum atomic E-state index is 11.9. The molecule has 0 saturated carbocycles. The third kappa shape index (κ3) is 3.82. The predicted molar refractivity (Wildman–Crippen MR) is 73.9 cm³/mol. The Balaban J connectivity index is 3.07. The maximum Gasteiger partial charge on any atom is 0.337 e. The Kier molecular flexibility index (Phi) is 4.78. The number of rotatable bonds is 5. The van der Waals surface area contributed by atoms with Crippen molar-refractivity contribution in [3.8, 4) is 0 Å². The van der Waals surface area contributed by atoms with Gasteiger partial charge >= 0.3 is 16.2 Å². The molecule has 0 aliphatic heterocycles. The van der Waals surface area contributed by atoms with Gasteiger partial charge in [0.25, 0.3) is 0 Å². The third-order valence-electron chi connectivity index (χ3n) is 2.55. The van der Waals surface area contributed by atoms with Crippen molar-refractivity contribution in [2.45, 2.75) is 19.9 Å². The van der Waals surface area contributed by atoms with E-state index in [-0.39, 0.29) is 22.3 Å². The zero-order chi connectivity index (χ0) is 14.8. The lowest BCUT2D eigenvalue weighted by Crippen LogP contribution is -2.37. The standard InChI is InChI=1S/C11H15ClN2O4S/c1-7(2)14(3)19(17,18)13-8-4-5-10(12)9(6-8)11(15)16/h4-7,13H,1-3H3,(H,15,16). The quantitative estimate of drug-likeness (QED) is 0.871. The molecule has 0 unspecified atom stereocenters. The van der Waals surface area contributed by atoms with Crippen LogP contribution in [0.4, 0.5) is 5.69 Å². The zero-order valence-corrected chi connectivity index (χ0v) is 12.3. The number of carboxylic acids is 1. The number of halogens is 1. The van der Waals surface area contributed by atoms with Crippen molar-refractivity contribution < 1.29 is 18.3 Å². The van der Waals surface area contributed by atoms with Crippen molar-refractivity contribution in [3.05, 3.63) is 28.8 Å². The van der Waals surface area contributed by atoms with Crippen molar-refractivity contribution in [2.75, 3.05) is 11.8 Å². The number of benzene rings is 1. The number of nitrogens with zero attached hydrogens (tertiary/aromatic N) is 1. The van der Waals surface area contributed by atoms with Gasteiger partial charge in [0.15, 0.2) is 0 Å². The summed E-state index contributed by atoms with van der Waals surface area (Å²) in [7, 11) is -2.29. The molecule has 1 aromatic rings. The molecule has 0 fully saturated rings. The minimum atomic E-state index is -3.72. The maximum absolute atomic E-state index is 11.9. The van der Waals surface area contributed by atoms with E-state index in [4.69, 9.17) is 16.7 Å². The van der Waals surface area contributed by atoms with Gasteiger partial charge in [-0.25, -0.2) is 4.79 Å². The Morgan fingerprint density at radius 2 is 2.00 bits per heavy atom. The SMILES string of the molecule is CC(C)N(C)S(=O)(=O)Nc1ccc(Cl)c(C(=O)O)c1. The van der Waals surface area contributed by atoms with Crippen molar-refractivity contribution in [1.82, 2.24) is 4.31 Å². The number of hydrogen-bond acceptors (Lipinski definition) is 3. The van der Waals surface area contributed by atoms with Crippen molar-refractivity contribution in [1.29, 1.82) is 0 Å². The molecule has 0 bridgehead atoms. The molecule has 0 aliphatic rings. The van der Waals surface area contributed by atoms with E-state index in [2.05, 4.69) is 4.72 Å². The molecule has 106 valence electrons. The van der Waals surface area contributed by atoms with Crippen LogP contribution >= 0.6 is 11.6 Å². The molecule has 0 saturated heterocycles. The fourth-order valence-electron chi connectivity index (χ4n) is 1.25. The highest BCUT2D eigenvalue weighted by atomic mass is 35.5. The molecule has 1 rings (SSSR count). The average molecular weight is 307 g/mol. The lowest BCUT2D eigenvalue weighted by Gasteiger charge is -2.21. The van der Waals surface area contributed by atoms with Gasteiger partial charge in [0, 0.05) is 13.1 Å². The highest BCUT2D eigenvalue weighted by molar-refractivity contribution is 7.90. The molecule has 0 aliphatic carbocycles. The van der Waals surface area contributed by atoms with Gasteiger partial charge in [0.2, 0.25) is 0 Å². The summed E-state index contributed by atoms with van der Waals surface area (Å²) in [6, 6.07) is 3.69. The first-order valence-electron chi connectivity index (χ1n) is 5.43. The Bertz CT molecular complexity index is 586. The van der Waals surface area contributed by atoms with Crippen LogP contribution in [0.1, 0.15) is 24.2 Å². The van der Waals surface area contributed by atoms with Crippen LogP contribution in [0.15, 0.2) is 18.2 Å². The summed E-state index contributed by atoms with van der Waals surface area (Å²) in [4.78, 5) is 10.9. The van der Waals surface area contributed by atoms with Crippen LogP contribution in [-0.2, 0) is 10.2 Å². The normalized spacial score (nSPS) is 11.9. The molecule has 6 nitrogen and oxygen atoms in total. The van der Waals surface area contributed by atoms with Gasteiger partial charge in [0.05, 0.1) is 16.3 Å². The Morgan fingerprint density at radius 3 is 2.47 bits per heavy atom. The summed E-state index contributed by atoms with van der Waals surface area (Å²) in [6.07, 6.45) is 0. The first-order chi connectivity index (χ1) is 8.65. The number of aromatic carboxylic acids is 1. The van der Waals surface area contributed by atoms with E-state index in [0.717, 1.165) is 4.31 Å². The summed E-state index contributed by atoms with van der Waals surface area (Å²) in [6.45, 7) is 3.45. The number of carbonyl (C=O) groups is 1. The molecule has 19 heavy (non-hydrogen) atoms. The summed E-state index contributed by atoms with van der Waals surface area (Å²) >= 11 is 5.71. The number of anilines is 1. The Labute approximate surface area is 117 Å². The lowest BCUT2D eigenvalue weighted by atomic mass is 10.2. The van der Waals surface area contributed by atoms with Crippen LogP contribution in [0.25, 0.3) is 0 Å². The third-order valence-corrected chi connectivity index (χ3v) is 4.55. The fraction of sp³-hybridized carbons (Fsp3) is 0.364. The Morgan fingerprint density at radius 1 is 1.42 bits per heavy atom. The van der Waals surface area contributed by atoms with Gasteiger partial charge < -0.3 is 5.11 Å². The number of hydrogen-bond donors (Lipinski definition) is 2. The van der Waals surface area contributed by atoms with E-state index in [9.17, 15) is 13.2 Å². The van der Waals surface area contributed by atoms with Crippen molar-refractivity contribution in [2.24, 2.45) is 0 Å². The molecule has 8 heteroatoms. The van der Waals surface area contributed by atoms with Crippen LogP contribution in [0.3, 0.4) is 0 Å². The van der Waals surface area contributed by atoms with Crippen LogP contribution in [0, 0.1) is 0 Å². The molecule has 0 aromatic heterocycles. The van der Waals surface area contributed by atoms with Crippen molar-refractivity contribution >= 4 is 33.5 Å². The first kappa shape index (κ1) is 15.7. The molecule has 0 amide bonds. The van der Waals surface area contributed by atoms with E-state index in [1.807, 2.05) is 0 Å². The fourth-order valence-corrected chi connectivity index (χ4v) is 2.57. The molecular weight excluding hydrogens is 292 g/mol. The molecule has 1 aromatic carbocycles. The smallest absolute Gasteiger partial charge is 0.337 e. The largest absolute Gasteiger partial charge is 0.478 e. The second kappa shape index (κ2) is 5.77. The first-order valence-corrected chi connectivity index (χ1v) is 7.25. The predicted octanol–water partition coefficient (Wildman–Crippen LogP) is 2.04. The van der Waals surface area contributed by atoms with E-state index >= 15 is 0 Å². The van der Waals surface area contributed by atoms with Crippen LogP contribution in [0.2, 0.25) is 5.02 Å². The van der Waals surface area contributed by atoms with Gasteiger partial charge in [0.1, 0.15) is 0 Å². The van der Waals surface area contributed by atoms with Crippen LogP contribution < -0.4 is 4.72 Å². The minimum Gasteiger partial charge on any atom is -0.478 e. The van der Waals surface area contributed by atoms with Crippen LogP contribution in [0.5, 0.6) is 0 Å². The molecule has 0 heterocycles. The molecule has 0 spiro atoms. The van der Waals surface area contributed by atoms with E-state index in [1.54, 1.807) is 13.8 Å². The monoisotopic (exact) mass is 306 g/mol. The topological polar surface area (TPSA) is 86.7 Å². The second-order valence-corrected chi connectivity index (χ2v) is 6.35. The highest BCUT2D eigenvalue weighted by Gasteiger charge is 2.21. The van der Waals surface area contributed by atoms with Gasteiger partial charge in [-0.2, -0.15) is 12.7 Å². The molecular formula is C11H15ClN2O4S. The average Bonchev–Trinajstić information content (AvgIpc) is 2.29. The molecule has 2 N–H and O–H groups in total. The zero-order valence-electron chi connectivity index (χ0n) is 10.7. The van der Waals surface area contributed by atoms with E-state index < -0.39 is 16.2 Å². The molecule has 0 atom stereocenters. The van der Waals surface area contributed by atoms with Gasteiger partial charge in [-0.1, -0.05) is 11.6 Å². The lowest BCUT2D eigenvalue weighted by molar-refractivity contribution is 0.0697. The highest BCUT2D eigenvalue weighted by Crippen LogP contribution is 2.22. The van der Waals surface area contributed by atoms with Gasteiger partial charge in [-0.15, -0.1) is 0 Å². The van der Waals surface area contributed by atoms with E-state index in [0.29, 0.717) is 0 Å². The van der Waals surface area contributed by atoms with Gasteiger partial charge in [-0.3, -0.25) is 4.72 Å². The Hall–Kier alpha value is -1.31. The van der Waals surface area contributed by atoms with Crippen molar-refractivity contribution in [3.63, 3.8) is 0 Å². The summed E-state index contributed by atoms with van der Waals surface area (Å²) in [5.74, 6) is -1.22. The summed E-state index contributed by atoms with van der Waals surface area (Å²) in [5.41, 5.74) is -0.0108. The molecule has 0 radical (unpaired) electrons. The second-order valence-electron chi connectivity index (χ2n) is 4.22. The number of nitrogens with one attached hydrogen (secondary N) is 1. The van der Waals surface area contributed by atoms with E-state index in [1.165, 1.54) is 25.2 Å². The minimum absolute atomic E-state index is 0.0488. The summed E-state index contributed by atoms with van der Waals surface area (Å²) in [5, 5.41) is 8.96. The summed E-state index contributed by atoms with van der Waals surface area (Å²) < 4.78 is 27.3. The van der Waals surface area contributed by atoms with Gasteiger partial charge in [-0.05, 0) is 32.0 Å². The number of carboxylic acid groups (broad SMARTS) is 1. The van der Waals surface area contributed by atoms with Crippen LogP contribution in [-0.4, -0.2) is 36.9 Å².